The van der Waals surface area contributed by atoms with Crippen LogP contribution >= 0.6 is 11.8 Å². The van der Waals surface area contributed by atoms with Crippen LogP contribution in [0.4, 0.5) is 0 Å². The maximum absolute atomic E-state index is 10.9. The van der Waals surface area contributed by atoms with E-state index in [-0.39, 0.29) is 5.91 Å². The number of hydrogen-bond acceptors (Lipinski definition) is 3. The molecule has 1 aromatic rings. The summed E-state index contributed by atoms with van der Waals surface area (Å²) in [7, 11) is 0. The molecule has 0 spiro atoms. The minimum Gasteiger partial charge on any atom is -0.480 e. The van der Waals surface area contributed by atoms with E-state index in [1.807, 2.05) is 18.2 Å². The summed E-state index contributed by atoms with van der Waals surface area (Å²) in [4.78, 5) is 21.8. The average Bonchev–Trinajstić information content (AvgIpc) is 2.41. The molecule has 20 heavy (non-hydrogen) atoms. The van der Waals surface area contributed by atoms with Crippen LogP contribution < -0.4 is 5.32 Å². The maximum Gasteiger partial charge on any atom is 0.327 e. The van der Waals surface area contributed by atoms with Gasteiger partial charge in [0.1, 0.15) is 6.04 Å². The highest BCUT2D eigenvalue weighted by atomic mass is 32.2. The quantitative estimate of drug-likeness (QED) is 0.686. The zero-order valence-electron chi connectivity index (χ0n) is 11.7. The molecule has 0 aliphatic rings. The summed E-state index contributed by atoms with van der Waals surface area (Å²) >= 11 is 1.57. The van der Waals surface area contributed by atoms with E-state index in [0.29, 0.717) is 5.75 Å². The van der Waals surface area contributed by atoms with Crippen LogP contribution in [0, 0.1) is 0 Å². The highest BCUT2D eigenvalue weighted by Crippen LogP contribution is 2.10. The number of carbonyl (C=O) groups is 2. The largest absolute Gasteiger partial charge is 0.480 e. The van der Waals surface area contributed by atoms with Gasteiger partial charge in [0.05, 0.1) is 0 Å². The average molecular weight is 295 g/mol. The Labute approximate surface area is 124 Å². The summed E-state index contributed by atoms with van der Waals surface area (Å²) in [6.07, 6.45) is 3.19. The lowest BCUT2D eigenvalue weighted by molar-refractivity contribution is -0.140. The monoisotopic (exact) mass is 295 g/mol. The van der Waals surface area contributed by atoms with Gasteiger partial charge in [0.15, 0.2) is 0 Å². The van der Waals surface area contributed by atoms with Crippen LogP contribution in [0.2, 0.25) is 0 Å². The molecule has 2 N–H and O–H groups in total. The molecule has 0 aliphatic heterocycles. The Balaban J connectivity index is 2.11. The minimum absolute atomic E-state index is 0.304. The lowest BCUT2D eigenvalue weighted by Crippen LogP contribution is -2.41. The van der Waals surface area contributed by atoms with Gasteiger partial charge in [-0.25, -0.2) is 4.79 Å². The Morgan fingerprint density at radius 1 is 1.25 bits per heavy atom. The Kier molecular flexibility index (Phi) is 7.80. The number of thioether (sulfide) groups is 1. The van der Waals surface area contributed by atoms with Crippen LogP contribution in [0.25, 0.3) is 0 Å². The van der Waals surface area contributed by atoms with Crippen LogP contribution in [-0.4, -0.2) is 34.5 Å². The standard InChI is InChI=1S/C15H21NO3S/c1-12(17)16-14(15(18)19)11-20-10-6-5-9-13-7-3-2-4-8-13/h2-4,7-8,14H,5-6,9-11H2,1H3,(H,16,17)(H,18,19). The van der Waals surface area contributed by atoms with Crippen LogP contribution in [0.1, 0.15) is 25.3 Å². The van der Waals surface area contributed by atoms with Gasteiger partial charge in [-0.1, -0.05) is 30.3 Å². The van der Waals surface area contributed by atoms with Gasteiger partial charge in [-0.15, -0.1) is 0 Å². The van der Waals surface area contributed by atoms with E-state index in [0.717, 1.165) is 25.0 Å². The highest BCUT2D eigenvalue weighted by molar-refractivity contribution is 7.99. The molecule has 1 atom stereocenters. The molecule has 1 aromatic carbocycles. The molecule has 0 radical (unpaired) electrons. The van der Waals surface area contributed by atoms with Crippen molar-refractivity contribution in [1.82, 2.24) is 5.32 Å². The number of carbonyl (C=O) groups excluding carboxylic acids is 1. The van der Waals surface area contributed by atoms with Gasteiger partial charge in [-0.2, -0.15) is 11.8 Å². The van der Waals surface area contributed by atoms with Gasteiger partial charge in [0.25, 0.3) is 0 Å². The van der Waals surface area contributed by atoms with Gasteiger partial charge in [-0.05, 0) is 30.6 Å². The van der Waals surface area contributed by atoms with Gasteiger partial charge >= 0.3 is 5.97 Å². The molecule has 0 aromatic heterocycles. The van der Waals surface area contributed by atoms with Crippen molar-refractivity contribution < 1.29 is 14.7 Å². The van der Waals surface area contributed by atoms with Crippen LogP contribution in [-0.2, 0) is 16.0 Å². The van der Waals surface area contributed by atoms with E-state index in [4.69, 9.17) is 5.11 Å². The van der Waals surface area contributed by atoms with Crippen molar-refractivity contribution in [2.45, 2.75) is 32.2 Å². The molecule has 1 unspecified atom stereocenters. The molecule has 5 heteroatoms. The number of unbranched alkanes of at least 4 members (excludes halogenated alkanes) is 1. The Bertz CT molecular complexity index is 422. The van der Waals surface area contributed by atoms with Gasteiger partial charge in [0.2, 0.25) is 5.91 Å². The van der Waals surface area contributed by atoms with E-state index in [1.54, 1.807) is 11.8 Å². The number of aliphatic carboxylic acids is 1. The number of hydrogen-bond donors (Lipinski definition) is 2. The summed E-state index contributed by atoms with van der Waals surface area (Å²) < 4.78 is 0. The molecular formula is C15H21NO3S. The van der Waals surface area contributed by atoms with Crippen molar-refractivity contribution in [2.75, 3.05) is 11.5 Å². The summed E-state index contributed by atoms with van der Waals surface area (Å²) in [5, 5.41) is 11.4. The van der Waals surface area contributed by atoms with Crippen LogP contribution in [0.15, 0.2) is 30.3 Å². The molecule has 0 saturated heterocycles. The zero-order valence-corrected chi connectivity index (χ0v) is 12.5. The second-order valence-corrected chi connectivity index (χ2v) is 5.76. The van der Waals surface area contributed by atoms with Crippen LogP contribution in [0.3, 0.4) is 0 Å². The minimum atomic E-state index is -0.975. The third kappa shape index (κ3) is 7.19. The number of nitrogens with one attached hydrogen (secondary N) is 1. The van der Waals surface area contributed by atoms with Crippen LogP contribution in [0.5, 0.6) is 0 Å². The van der Waals surface area contributed by atoms with Crippen molar-refractivity contribution in [1.29, 1.82) is 0 Å². The van der Waals surface area contributed by atoms with Crippen molar-refractivity contribution in [3.63, 3.8) is 0 Å². The smallest absolute Gasteiger partial charge is 0.327 e. The first kappa shape index (κ1) is 16.6. The molecule has 0 bridgehead atoms. The second kappa shape index (κ2) is 9.42. The molecule has 0 heterocycles. The first-order chi connectivity index (χ1) is 9.59. The third-order valence-electron chi connectivity index (χ3n) is 2.81. The summed E-state index contributed by atoms with van der Waals surface area (Å²) in [5.74, 6) is 0.0512. The Morgan fingerprint density at radius 2 is 1.95 bits per heavy atom. The summed E-state index contributed by atoms with van der Waals surface area (Å²) in [5.41, 5.74) is 1.33. The lowest BCUT2D eigenvalue weighted by atomic mass is 10.1. The number of carboxylic acid groups (broad SMARTS) is 1. The van der Waals surface area contributed by atoms with Crippen molar-refractivity contribution in [3.05, 3.63) is 35.9 Å². The molecule has 0 fully saturated rings. The molecule has 4 nitrogen and oxygen atoms in total. The summed E-state index contributed by atoms with van der Waals surface area (Å²) in [6.45, 7) is 1.33. The van der Waals surface area contributed by atoms with Crippen molar-refractivity contribution >= 4 is 23.6 Å². The number of rotatable bonds is 9. The van der Waals surface area contributed by atoms with Crippen molar-refractivity contribution in [2.24, 2.45) is 0 Å². The molecule has 0 aliphatic carbocycles. The van der Waals surface area contributed by atoms with Crippen molar-refractivity contribution in [3.8, 4) is 0 Å². The van der Waals surface area contributed by atoms with E-state index in [9.17, 15) is 9.59 Å². The Hall–Kier alpha value is -1.49. The summed E-state index contributed by atoms with van der Waals surface area (Å²) in [6, 6.07) is 9.53. The van der Waals surface area contributed by atoms with E-state index in [1.165, 1.54) is 12.5 Å². The second-order valence-electron chi connectivity index (χ2n) is 4.61. The molecule has 110 valence electrons. The van der Waals surface area contributed by atoms with E-state index >= 15 is 0 Å². The molecule has 1 rings (SSSR count). The number of amides is 1. The molecular weight excluding hydrogens is 274 g/mol. The SMILES string of the molecule is CC(=O)NC(CSCCCCc1ccccc1)C(=O)O. The maximum atomic E-state index is 10.9. The third-order valence-corrected chi connectivity index (χ3v) is 3.95. The molecule has 1 amide bonds. The molecule has 0 saturated carbocycles. The van der Waals surface area contributed by atoms with E-state index in [2.05, 4.69) is 17.4 Å². The van der Waals surface area contributed by atoms with Gasteiger partial charge in [0, 0.05) is 12.7 Å². The zero-order chi connectivity index (χ0) is 14.8. The fourth-order valence-corrected chi connectivity index (χ4v) is 2.84. The number of aryl methyl sites for hydroxylation is 1. The normalized spacial score (nSPS) is 11.8. The lowest BCUT2D eigenvalue weighted by Gasteiger charge is -2.12. The van der Waals surface area contributed by atoms with E-state index < -0.39 is 12.0 Å². The predicted molar refractivity (Wildman–Crippen MR) is 81.9 cm³/mol. The van der Waals surface area contributed by atoms with Gasteiger partial charge < -0.3 is 10.4 Å². The topological polar surface area (TPSA) is 66.4 Å². The number of benzene rings is 1. The first-order valence-electron chi connectivity index (χ1n) is 6.71. The fourth-order valence-electron chi connectivity index (χ4n) is 1.80. The number of carboxylic acids is 1. The van der Waals surface area contributed by atoms with Gasteiger partial charge in [-0.3, -0.25) is 4.79 Å². The Morgan fingerprint density at radius 3 is 2.55 bits per heavy atom. The highest BCUT2D eigenvalue weighted by Gasteiger charge is 2.17. The fraction of sp³-hybridized carbons (Fsp3) is 0.467. The predicted octanol–water partition coefficient (Wildman–Crippen LogP) is 2.33. The first-order valence-corrected chi connectivity index (χ1v) is 7.86.